The molecule has 0 saturated carbocycles. The van der Waals surface area contributed by atoms with E-state index in [2.05, 4.69) is 10.6 Å². The molecule has 2 amide bonds. The first-order valence-electron chi connectivity index (χ1n) is 10.1. The number of carbonyl (C=O) groups excluding carboxylic acids is 2. The predicted molar refractivity (Wildman–Crippen MR) is 114 cm³/mol. The predicted octanol–water partition coefficient (Wildman–Crippen LogP) is 4.01. The molecule has 0 saturated heterocycles. The molecular formula is C24H17N3O4. The van der Waals surface area contributed by atoms with Crippen LogP contribution in [0.1, 0.15) is 34.1 Å². The number of nitro benzene ring substituents is 1. The number of nitro groups is 1. The van der Waals surface area contributed by atoms with Crippen LogP contribution in [0.2, 0.25) is 0 Å². The van der Waals surface area contributed by atoms with Crippen LogP contribution in [0, 0.1) is 22.0 Å². The van der Waals surface area contributed by atoms with Crippen LogP contribution in [0.15, 0.2) is 66.7 Å². The molecule has 0 radical (unpaired) electrons. The van der Waals surface area contributed by atoms with E-state index in [9.17, 15) is 19.7 Å². The largest absolute Gasteiger partial charge is 0.324 e. The Kier molecular flexibility index (Phi) is 3.59. The zero-order chi connectivity index (χ0) is 21.3. The van der Waals surface area contributed by atoms with Gasteiger partial charge in [-0.15, -0.1) is 0 Å². The molecule has 2 atom stereocenters. The van der Waals surface area contributed by atoms with Crippen LogP contribution in [0.4, 0.5) is 17.1 Å². The molecule has 2 N–H and O–H groups in total. The first kappa shape index (κ1) is 17.8. The Labute approximate surface area is 177 Å². The van der Waals surface area contributed by atoms with Gasteiger partial charge in [-0.1, -0.05) is 48.5 Å². The summed E-state index contributed by atoms with van der Waals surface area (Å²) in [5, 5.41) is 17.0. The van der Waals surface area contributed by atoms with Crippen molar-refractivity contribution in [3.8, 4) is 0 Å². The lowest BCUT2D eigenvalue weighted by Gasteiger charge is -2.49. The Balaban J connectivity index is 1.55. The third-order valence-electron chi connectivity index (χ3n) is 6.77. The zero-order valence-corrected chi connectivity index (χ0v) is 16.2. The van der Waals surface area contributed by atoms with E-state index < -0.39 is 16.8 Å². The third-order valence-corrected chi connectivity index (χ3v) is 6.77. The van der Waals surface area contributed by atoms with Gasteiger partial charge < -0.3 is 10.6 Å². The summed E-state index contributed by atoms with van der Waals surface area (Å²) in [6.07, 6.45) is 0. The lowest BCUT2D eigenvalue weighted by molar-refractivity contribution is -0.384. The summed E-state index contributed by atoms with van der Waals surface area (Å²) in [6.45, 7) is 0. The van der Waals surface area contributed by atoms with Gasteiger partial charge >= 0.3 is 0 Å². The molecule has 3 aromatic carbocycles. The Morgan fingerprint density at radius 1 is 0.677 bits per heavy atom. The van der Waals surface area contributed by atoms with Crippen molar-refractivity contribution in [3.05, 3.63) is 99.1 Å². The maximum absolute atomic E-state index is 13.5. The van der Waals surface area contributed by atoms with Gasteiger partial charge in [0.2, 0.25) is 11.8 Å². The Hall–Kier alpha value is -4.00. The van der Waals surface area contributed by atoms with Crippen LogP contribution in [0.3, 0.4) is 0 Å². The average molecular weight is 411 g/mol. The van der Waals surface area contributed by atoms with E-state index in [0.29, 0.717) is 5.69 Å². The molecule has 7 nitrogen and oxygen atoms in total. The van der Waals surface area contributed by atoms with Gasteiger partial charge in [-0.05, 0) is 28.3 Å². The van der Waals surface area contributed by atoms with Crippen molar-refractivity contribution in [2.75, 3.05) is 10.6 Å². The number of nitrogens with zero attached hydrogens (tertiary/aromatic N) is 1. The quantitative estimate of drug-likeness (QED) is 0.467. The van der Waals surface area contributed by atoms with E-state index >= 15 is 0 Å². The molecule has 7 rings (SSSR count). The van der Waals surface area contributed by atoms with Crippen LogP contribution in [-0.2, 0) is 9.59 Å². The second-order valence-electron chi connectivity index (χ2n) is 8.23. The van der Waals surface area contributed by atoms with Crippen LogP contribution >= 0.6 is 0 Å². The first-order valence-corrected chi connectivity index (χ1v) is 10.1. The van der Waals surface area contributed by atoms with E-state index in [4.69, 9.17) is 0 Å². The first-order chi connectivity index (χ1) is 15.0. The van der Waals surface area contributed by atoms with Crippen molar-refractivity contribution < 1.29 is 14.5 Å². The SMILES string of the molecule is O=C1Nc2ccc([N+](=O)[O-])cc2NC(=O)C2C3c4ccccc4C(c4ccccc43)C12. The molecule has 31 heavy (non-hydrogen) atoms. The lowest BCUT2D eigenvalue weighted by Crippen LogP contribution is -2.51. The number of amides is 2. The number of benzene rings is 3. The van der Waals surface area contributed by atoms with Gasteiger partial charge in [0.05, 0.1) is 28.1 Å². The molecule has 0 fully saturated rings. The highest BCUT2D eigenvalue weighted by Crippen LogP contribution is 2.59. The number of nitrogens with one attached hydrogen (secondary N) is 2. The fraction of sp³-hybridized carbons (Fsp3) is 0.167. The van der Waals surface area contributed by atoms with Gasteiger partial charge in [-0.25, -0.2) is 0 Å². The second kappa shape index (κ2) is 6.25. The van der Waals surface area contributed by atoms with E-state index in [1.54, 1.807) is 0 Å². The number of non-ortho nitro benzene ring substituents is 1. The number of carbonyl (C=O) groups is 2. The molecule has 3 aliphatic carbocycles. The number of fused-ring (bicyclic) bond motifs is 1. The Morgan fingerprint density at radius 2 is 1.13 bits per heavy atom. The van der Waals surface area contributed by atoms with E-state index in [1.165, 1.54) is 18.2 Å². The fourth-order valence-corrected chi connectivity index (χ4v) is 5.60. The summed E-state index contributed by atoms with van der Waals surface area (Å²) in [5.41, 5.74) is 4.76. The summed E-state index contributed by atoms with van der Waals surface area (Å²) in [5.74, 6) is -2.20. The minimum Gasteiger partial charge on any atom is -0.324 e. The van der Waals surface area contributed by atoms with Crippen molar-refractivity contribution >= 4 is 28.9 Å². The molecule has 7 heteroatoms. The van der Waals surface area contributed by atoms with Gasteiger partial charge in [0.25, 0.3) is 5.69 Å². The zero-order valence-electron chi connectivity index (χ0n) is 16.2. The highest BCUT2D eigenvalue weighted by Gasteiger charge is 2.55. The van der Waals surface area contributed by atoms with Crippen LogP contribution in [0.25, 0.3) is 0 Å². The maximum Gasteiger partial charge on any atom is 0.271 e. The summed E-state index contributed by atoms with van der Waals surface area (Å²) in [4.78, 5) is 37.7. The van der Waals surface area contributed by atoms with Crippen molar-refractivity contribution in [1.29, 1.82) is 0 Å². The van der Waals surface area contributed by atoms with Gasteiger partial charge in [0.15, 0.2) is 0 Å². The molecular weight excluding hydrogens is 394 g/mol. The topological polar surface area (TPSA) is 101 Å². The van der Waals surface area contributed by atoms with E-state index in [1.807, 2.05) is 48.5 Å². The normalized spacial score (nSPS) is 25.0. The third kappa shape index (κ3) is 2.40. The van der Waals surface area contributed by atoms with Crippen LogP contribution in [-0.4, -0.2) is 16.7 Å². The summed E-state index contributed by atoms with van der Waals surface area (Å²) in [6, 6.07) is 20.1. The molecule has 0 spiro atoms. The summed E-state index contributed by atoms with van der Waals surface area (Å²) < 4.78 is 0. The summed E-state index contributed by atoms with van der Waals surface area (Å²) >= 11 is 0. The van der Waals surface area contributed by atoms with Crippen molar-refractivity contribution in [2.24, 2.45) is 11.8 Å². The Bertz CT molecular complexity index is 1250. The molecule has 152 valence electrons. The van der Waals surface area contributed by atoms with Gasteiger partial charge in [-0.3, -0.25) is 19.7 Å². The fourth-order valence-electron chi connectivity index (χ4n) is 5.60. The van der Waals surface area contributed by atoms with Gasteiger partial charge in [0, 0.05) is 24.0 Å². The minimum atomic E-state index is -0.609. The highest BCUT2D eigenvalue weighted by atomic mass is 16.6. The van der Waals surface area contributed by atoms with Gasteiger partial charge in [0.1, 0.15) is 0 Å². The molecule has 0 aromatic heterocycles. The number of rotatable bonds is 1. The Morgan fingerprint density at radius 3 is 1.58 bits per heavy atom. The minimum absolute atomic E-state index is 0.147. The molecule has 4 aliphatic rings. The lowest BCUT2D eigenvalue weighted by atomic mass is 9.53. The standard InChI is InChI=1S/C24H17N3O4/c28-23-21-19-13-5-1-3-7-15(13)20(16-8-4-2-6-14(16)19)22(21)24(29)26-18-11-12(27(30)31)9-10-17(18)25-23/h1-11,19-22H,(H,25,28)(H,26,29). The number of hydrogen-bond acceptors (Lipinski definition) is 4. The van der Waals surface area contributed by atoms with Gasteiger partial charge in [-0.2, -0.15) is 0 Å². The van der Waals surface area contributed by atoms with E-state index in [-0.39, 0.29) is 35.0 Å². The van der Waals surface area contributed by atoms with Crippen molar-refractivity contribution in [2.45, 2.75) is 11.8 Å². The second-order valence-corrected chi connectivity index (χ2v) is 8.23. The number of anilines is 2. The molecule has 2 bridgehead atoms. The molecule has 2 unspecified atom stereocenters. The smallest absolute Gasteiger partial charge is 0.271 e. The molecule has 3 aromatic rings. The summed E-state index contributed by atoms with van der Waals surface area (Å²) in [7, 11) is 0. The highest BCUT2D eigenvalue weighted by molar-refractivity contribution is 6.08. The van der Waals surface area contributed by atoms with Crippen molar-refractivity contribution in [1.82, 2.24) is 0 Å². The van der Waals surface area contributed by atoms with Crippen LogP contribution < -0.4 is 10.6 Å². The molecule has 1 heterocycles. The number of hydrogen-bond donors (Lipinski definition) is 2. The molecule has 1 aliphatic heterocycles. The van der Waals surface area contributed by atoms with E-state index in [0.717, 1.165) is 22.3 Å². The van der Waals surface area contributed by atoms with Crippen molar-refractivity contribution in [3.63, 3.8) is 0 Å². The monoisotopic (exact) mass is 411 g/mol. The maximum atomic E-state index is 13.5. The van der Waals surface area contributed by atoms with Crippen LogP contribution in [0.5, 0.6) is 0 Å². The average Bonchev–Trinajstić information content (AvgIpc) is 2.78.